The third kappa shape index (κ3) is 11.5. The first kappa shape index (κ1) is 12.5. The number of rotatable bonds is 8. The predicted molar refractivity (Wildman–Crippen MR) is 56.6 cm³/mol. The van der Waals surface area contributed by atoms with Crippen LogP contribution in [0.2, 0.25) is 0 Å². The van der Waals surface area contributed by atoms with Crippen molar-refractivity contribution >= 4 is 0 Å². The van der Waals surface area contributed by atoms with Gasteiger partial charge in [0.15, 0.2) is 0 Å². The van der Waals surface area contributed by atoms with Crippen molar-refractivity contribution in [2.24, 2.45) is 5.92 Å². The van der Waals surface area contributed by atoms with Crippen LogP contribution in [0.15, 0.2) is 0 Å². The SMILES string of the molecule is C#CCNCCOCCCC(C)C. The fourth-order valence-electron chi connectivity index (χ4n) is 1.00. The van der Waals surface area contributed by atoms with E-state index in [2.05, 4.69) is 25.1 Å². The molecule has 0 atom stereocenters. The highest BCUT2D eigenvalue weighted by Crippen LogP contribution is 2.02. The smallest absolute Gasteiger partial charge is 0.0591 e. The minimum atomic E-state index is 0.634. The van der Waals surface area contributed by atoms with Crippen LogP contribution in [0.4, 0.5) is 0 Å². The van der Waals surface area contributed by atoms with Gasteiger partial charge in [0.25, 0.3) is 0 Å². The van der Waals surface area contributed by atoms with Crippen molar-refractivity contribution in [3.8, 4) is 12.3 Å². The van der Waals surface area contributed by atoms with Crippen LogP contribution in [-0.2, 0) is 4.74 Å². The molecule has 2 heteroatoms. The molecule has 0 aromatic heterocycles. The van der Waals surface area contributed by atoms with Gasteiger partial charge in [0, 0.05) is 13.2 Å². The molecule has 1 N–H and O–H groups in total. The lowest BCUT2D eigenvalue weighted by molar-refractivity contribution is 0.130. The van der Waals surface area contributed by atoms with E-state index < -0.39 is 0 Å². The van der Waals surface area contributed by atoms with Gasteiger partial charge in [-0.25, -0.2) is 0 Å². The van der Waals surface area contributed by atoms with Crippen LogP contribution < -0.4 is 5.32 Å². The maximum Gasteiger partial charge on any atom is 0.0591 e. The van der Waals surface area contributed by atoms with E-state index >= 15 is 0 Å². The molecule has 0 unspecified atom stereocenters. The van der Waals surface area contributed by atoms with Gasteiger partial charge in [0.2, 0.25) is 0 Å². The molecule has 0 aromatic carbocycles. The van der Waals surface area contributed by atoms with Crippen molar-refractivity contribution in [2.75, 3.05) is 26.3 Å². The number of ether oxygens (including phenoxy) is 1. The molecule has 0 aliphatic rings. The van der Waals surface area contributed by atoms with Gasteiger partial charge in [-0.05, 0) is 18.8 Å². The quantitative estimate of drug-likeness (QED) is 0.456. The average molecular weight is 183 g/mol. The first-order chi connectivity index (χ1) is 6.27. The van der Waals surface area contributed by atoms with E-state index in [1.807, 2.05) is 0 Å². The normalized spacial score (nSPS) is 10.3. The van der Waals surface area contributed by atoms with Gasteiger partial charge in [-0.3, -0.25) is 0 Å². The Labute approximate surface area is 82.1 Å². The highest BCUT2D eigenvalue weighted by Gasteiger charge is 1.93. The highest BCUT2D eigenvalue weighted by molar-refractivity contribution is 4.86. The Kier molecular flexibility index (Phi) is 9.18. The van der Waals surface area contributed by atoms with Crippen LogP contribution in [0.1, 0.15) is 26.7 Å². The molecule has 0 fully saturated rings. The number of terminal acetylenes is 1. The molecule has 0 aromatic rings. The van der Waals surface area contributed by atoms with Gasteiger partial charge in [0.05, 0.1) is 13.2 Å². The van der Waals surface area contributed by atoms with Crippen LogP contribution >= 0.6 is 0 Å². The van der Waals surface area contributed by atoms with Crippen LogP contribution in [0.25, 0.3) is 0 Å². The second-order valence-electron chi connectivity index (χ2n) is 3.53. The van der Waals surface area contributed by atoms with Crippen molar-refractivity contribution in [2.45, 2.75) is 26.7 Å². The van der Waals surface area contributed by atoms with Gasteiger partial charge in [-0.2, -0.15) is 0 Å². The number of hydrogen-bond acceptors (Lipinski definition) is 2. The third-order valence-corrected chi connectivity index (χ3v) is 1.72. The standard InChI is InChI=1S/C11H21NO/c1-4-7-12-8-10-13-9-5-6-11(2)3/h1,11-12H,5-10H2,2-3H3. The molecule has 0 aliphatic carbocycles. The summed E-state index contributed by atoms with van der Waals surface area (Å²) in [6, 6.07) is 0. The third-order valence-electron chi connectivity index (χ3n) is 1.72. The van der Waals surface area contributed by atoms with Gasteiger partial charge >= 0.3 is 0 Å². The van der Waals surface area contributed by atoms with Crippen molar-refractivity contribution < 1.29 is 4.74 Å². The van der Waals surface area contributed by atoms with Crippen LogP contribution in [-0.4, -0.2) is 26.3 Å². The van der Waals surface area contributed by atoms with Crippen LogP contribution in [0.3, 0.4) is 0 Å². The second-order valence-corrected chi connectivity index (χ2v) is 3.53. The predicted octanol–water partition coefficient (Wildman–Crippen LogP) is 1.66. The minimum Gasteiger partial charge on any atom is -0.380 e. The molecular weight excluding hydrogens is 162 g/mol. The van der Waals surface area contributed by atoms with E-state index in [1.54, 1.807) is 0 Å². The first-order valence-electron chi connectivity index (χ1n) is 4.99. The zero-order valence-electron chi connectivity index (χ0n) is 8.81. The summed E-state index contributed by atoms with van der Waals surface area (Å²) in [6.45, 7) is 7.58. The van der Waals surface area contributed by atoms with E-state index in [0.717, 1.165) is 32.1 Å². The van der Waals surface area contributed by atoms with Crippen molar-refractivity contribution in [1.82, 2.24) is 5.32 Å². The largest absolute Gasteiger partial charge is 0.380 e. The highest BCUT2D eigenvalue weighted by atomic mass is 16.5. The molecule has 13 heavy (non-hydrogen) atoms. The molecule has 0 saturated carbocycles. The fraction of sp³-hybridized carbons (Fsp3) is 0.818. The van der Waals surface area contributed by atoms with E-state index in [1.165, 1.54) is 6.42 Å². The molecular formula is C11H21NO. The van der Waals surface area contributed by atoms with Crippen molar-refractivity contribution in [3.63, 3.8) is 0 Å². The summed E-state index contributed by atoms with van der Waals surface area (Å²) < 4.78 is 5.40. The van der Waals surface area contributed by atoms with E-state index in [-0.39, 0.29) is 0 Å². The average Bonchev–Trinajstić information content (AvgIpc) is 2.09. The summed E-state index contributed by atoms with van der Waals surface area (Å²) in [5.74, 6) is 3.30. The van der Waals surface area contributed by atoms with E-state index in [9.17, 15) is 0 Å². The summed E-state index contributed by atoms with van der Waals surface area (Å²) in [6.07, 6.45) is 7.48. The molecule has 0 amide bonds. The lowest BCUT2D eigenvalue weighted by Crippen LogP contribution is -2.20. The molecule has 0 radical (unpaired) electrons. The van der Waals surface area contributed by atoms with E-state index in [0.29, 0.717) is 6.54 Å². The molecule has 0 spiro atoms. The monoisotopic (exact) mass is 183 g/mol. The molecule has 0 rings (SSSR count). The zero-order chi connectivity index (χ0) is 9.94. The molecule has 2 nitrogen and oxygen atoms in total. The Morgan fingerprint density at radius 1 is 1.38 bits per heavy atom. The second kappa shape index (κ2) is 9.57. The molecule has 0 saturated heterocycles. The molecule has 0 aliphatic heterocycles. The lowest BCUT2D eigenvalue weighted by Gasteiger charge is -2.05. The van der Waals surface area contributed by atoms with Crippen molar-refractivity contribution in [3.05, 3.63) is 0 Å². The summed E-state index contributed by atoms with van der Waals surface area (Å²) in [4.78, 5) is 0. The fourth-order valence-corrected chi connectivity index (χ4v) is 1.00. The van der Waals surface area contributed by atoms with Crippen LogP contribution in [0, 0.1) is 18.3 Å². The topological polar surface area (TPSA) is 21.3 Å². The van der Waals surface area contributed by atoms with Gasteiger partial charge in [-0.1, -0.05) is 19.8 Å². The number of hydrogen-bond donors (Lipinski definition) is 1. The summed E-state index contributed by atoms with van der Waals surface area (Å²) in [7, 11) is 0. The summed E-state index contributed by atoms with van der Waals surface area (Å²) >= 11 is 0. The Bertz CT molecular complexity index is 138. The maximum absolute atomic E-state index is 5.40. The number of nitrogens with one attached hydrogen (secondary N) is 1. The molecule has 0 bridgehead atoms. The first-order valence-corrected chi connectivity index (χ1v) is 4.99. The van der Waals surface area contributed by atoms with Crippen molar-refractivity contribution in [1.29, 1.82) is 0 Å². The molecule has 0 heterocycles. The Balaban J connectivity index is 2.88. The van der Waals surface area contributed by atoms with Gasteiger partial charge in [0.1, 0.15) is 0 Å². The Morgan fingerprint density at radius 3 is 2.77 bits per heavy atom. The van der Waals surface area contributed by atoms with Gasteiger partial charge < -0.3 is 10.1 Å². The Morgan fingerprint density at radius 2 is 2.15 bits per heavy atom. The lowest BCUT2D eigenvalue weighted by atomic mass is 10.1. The molecule has 76 valence electrons. The summed E-state index contributed by atoms with van der Waals surface area (Å²) in [5.41, 5.74) is 0. The van der Waals surface area contributed by atoms with E-state index in [4.69, 9.17) is 11.2 Å². The van der Waals surface area contributed by atoms with Gasteiger partial charge in [-0.15, -0.1) is 6.42 Å². The zero-order valence-corrected chi connectivity index (χ0v) is 8.81. The van der Waals surface area contributed by atoms with Crippen LogP contribution in [0.5, 0.6) is 0 Å². The summed E-state index contributed by atoms with van der Waals surface area (Å²) in [5, 5.41) is 3.07. The minimum absolute atomic E-state index is 0.634. The Hall–Kier alpha value is -0.520. The maximum atomic E-state index is 5.40.